The number of guanidine groups is 1. The van der Waals surface area contributed by atoms with Crippen molar-refractivity contribution in [1.29, 1.82) is 0 Å². The summed E-state index contributed by atoms with van der Waals surface area (Å²) in [5.74, 6) is 6.83. The highest BCUT2D eigenvalue weighted by Crippen LogP contribution is 2.26. The Hall–Kier alpha value is -3.68. The van der Waals surface area contributed by atoms with E-state index in [2.05, 4.69) is 39.7 Å². The van der Waals surface area contributed by atoms with E-state index in [-0.39, 0.29) is 35.8 Å². The summed E-state index contributed by atoms with van der Waals surface area (Å²) in [6.07, 6.45) is 8.34. The largest absolute Gasteiger partial charge is 0.352 e. The molecule has 3 N–H and O–H groups in total. The van der Waals surface area contributed by atoms with Crippen molar-refractivity contribution >= 4 is 23.5 Å². The first-order valence-corrected chi connectivity index (χ1v) is 14.3. The molecule has 10 heteroatoms. The molecule has 2 amide bonds. The molecule has 0 bridgehead atoms. The Kier molecular flexibility index (Phi) is 11.9. The zero-order chi connectivity index (χ0) is 29.9. The fraction of sp³-hybridized carbons (Fsp3) is 0.516. The van der Waals surface area contributed by atoms with Gasteiger partial charge in [0.1, 0.15) is 18.0 Å². The third-order valence-electron chi connectivity index (χ3n) is 7.25. The first-order chi connectivity index (χ1) is 19.6. The topological polar surface area (TPSA) is 92.3 Å². The molecule has 0 radical (unpaired) electrons. The molecule has 0 saturated heterocycles. The van der Waals surface area contributed by atoms with E-state index in [9.17, 15) is 14.0 Å². The highest BCUT2D eigenvalue weighted by Gasteiger charge is 2.29. The molecule has 0 spiro atoms. The maximum atomic E-state index is 13.7. The van der Waals surface area contributed by atoms with E-state index in [4.69, 9.17) is 0 Å². The van der Waals surface area contributed by atoms with Gasteiger partial charge in [0.2, 0.25) is 17.8 Å². The van der Waals surface area contributed by atoms with Gasteiger partial charge >= 0.3 is 0 Å². The number of anilines is 1. The van der Waals surface area contributed by atoms with E-state index in [1.807, 2.05) is 30.9 Å². The standard InChI is InChI=1S/C31H44FN7O2/c1-7-17-33-29-24(21-34-31(39(29)6)36-26-11-8-10-25(32)20-26)15-13-23-14-16-27(19-23)35-30(41)22(2)38(5)28(40)12-9-18-37(3)4/h8-12,20-23,27,29,33H,7,14,16-19H2,1-6H3,(H,34,36)(H,35,41)/b12-9+/t22-,23+,27-,29?/m0/s1. The average molecular weight is 566 g/mol. The van der Waals surface area contributed by atoms with Crippen LogP contribution >= 0.6 is 0 Å². The highest BCUT2D eigenvalue weighted by molar-refractivity contribution is 5.95. The summed E-state index contributed by atoms with van der Waals surface area (Å²) in [5.41, 5.74) is 1.48. The van der Waals surface area contributed by atoms with Crippen LogP contribution in [0.5, 0.6) is 0 Å². The number of hydrogen-bond donors (Lipinski definition) is 3. The molecule has 3 rings (SSSR count). The Morgan fingerprint density at radius 2 is 2.05 bits per heavy atom. The number of nitrogens with zero attached hydrogens (tertiary/aromatic N) is 4. The van der Waals surface area contributed by atoms with Crippen molar-refractivity contribution in [1.82, 2.24) is 25.3 Å². The Bertz CT molecular complexity index is 1220. The molecule has 0 aromatic heterocycles. The molecule has 1 heterocycles. The predicted molar refractivity (Wildman–Crippen MR) is 162 cm³/mol. The Labute approximate surface area is 243 Å². The van der Waals surface area contributed by atoms with Crippen molar-refractivity contribution in [2.45, 2.75) is 57.8 Å². The predicted octanol–water partition coefficient (Wildman–Crippen LogP) is 3.00. The van der Waals surface area contributed by atoms with Crippen molar-refractivity contribution in [3.63, 3.8) is 0 Å². The van der Waals surface area contributed by atoms with E-state index in [0.29, 0.717) is 18.2 Å². The number of carbonyl (C=O) groups excluding carboxylic acids is 2. The molecule has 1 unspecified atom stereocenters. The lowest BCUT2D eigenvalue weighted by Gasteiger charge is -2.34. The number of nitrogens with one attached hydrogen (secondary N) is 3. The van der Waals surface area contributed by atoms with Gasteiger partial charge in [0.05, 0.1) is 5.57 Å². The van der Waals surface area contributed by atoms with Gasteiger partial charge in [-0.2, -0.15) is 0 Å². The van der Waals surface area contributed by atoms with Gasteiger partial charge < -0.3 is 25.3 Å². The van der Waals surface area contributed by atoms with Crippen LogP contribution in [0.2, 0.25) is 0 Å². The van der Waals surface area contributed by atoms with Crippen LogP contribution < -0.4 is 16.0 Å². The van der Waals surface area contributed by atoms with Crippen molar-refractivity contribution in [3.8, 4) is 11.8 Å². The summed E-state index contributed by atoms with van der Waals surface area (Å²) in [6.45, 7) is 5.31. The molecular weight excluding hydrogens is 521 g/mol. The van der Waals surface area contributed by atoms with Crippen LogP contribution in [0.4, 0.5) is 10.1 Å². The van der Waals surface area contributed by atoms with Crippen LogP contribution in [0.3, 0.4) is 0 Å². The van der Waals surface area contributed by atoms with Crippen LogP contribution in [0.15, 0.2) is 53.2 Å². The zero-order valence-corrected chi connectivity index (χ0v) is 25.1. The van der Waals surface area contributed by atoms with Crippen molar-refractivity contribution in [3.05, 3.63) is 54.0 Å². The monoisotopic (exact) mass is 565 g/mol. The number of benzene rings is 1. The summed E-state index contributed by atoms with van der Waals surface area (Å²) in [5, 5.41) is 9.82. The van der Waals surface area contributed by atoms with Crippen molar-refractivity contribution in [2.24, 2.45) is 10.9 Å². The van der Waals surface area contributed by atoms with Gasteiger partial charge in [-0.3, -0.25) is 14.9 Å². The molecule has 1 aromatic rings. The van der Waals surface area contributed by atoms with E-state index in [1.165, 1.54) is 23.1 Å². The van der Waals surface area contributed by atoms with Crippen molar-refractivity contribution < 1.29 is 14.0 Å². The molecule has 9 nitrogen and oxygen atoms in total. The van der Waals surface area contributed by atoms with Gasteiger partial charge in [0.15, 0.2) is 0 Å². The molecule has 222 valence electrons. The van der Waals surface area contributed by atoms with Crippen LogP contribution in [-0.4, -0.2) is 92.0 Å². The van der Waals surface area contributed by atoms with Crippen LogP contribution in [0.1, 0.15) is 39.5 Å². The number of hydrogen-bond acceptors (Lipinski definition) is 7. The summed E-state index contributed by atoms with van der Waals surface area (Å²) in [6, 6.07) is 5.73. The second kappa shape index (κ2) is 15.4. The summed E-state index contributed by atoms with van der Waals surface area (Å²) < 4.78 is 13.7. The van der Waals surface area contributed by atoms with Gasteiger partial charge in [-0.15, -0.1) is 0 Å². The molecule has 1 fully saturated rings. The second-order valence-corrected chi connectivity index (χ2v) is 10.9. The lowest BCUT2D eigenvalue weighted by atomic mass is 10.1. The Morgan fingerprint density at radius 1 is 1.27 bits per heavy atom. The van der Waals surface area contributed by atoms with E-state index in [0.717, 1.165) is 37.8 Å². The molecular formula is C31H44FN7O2. The molecule has 41 heavy (non-hydrogen) atoms. The van der Waals surface area contributed by atoms with Crippen LogP contribution in [-0.2, 0) is 9.59 Å². The maximum absolute atomic E-state index is 13.7. The molecule has 1 aliphatic carbocycles. The first-order valence-electron chi connectivity index (χ1n) is 14.3. The minimum Gasteiger partial charge on any atom is -0.352 e. The second-order valence-electron chi connectivity index (χ2n) is 10.9. The van der Waals surface area contributed by atoms with Crippen LogP contribution in [0.25, 0.3) is 0 Å². The third kappa shape index (κ3) is 9.44. The van der Waals surface area contributed by atoms with Gasteiger partial charge in [-0.1, -0.05) is 30.9 Å². The number of carbonyl (C=O) groups is 2. The number of halogens is 1. The first kappa shape index (κ1) is 31.8. The molecule has 1 aromatic carbocycles. The fourth-order valence-corrected chi connectivity index (χ4v) is 4.67. The smallest absolute Gasteiger partial charge is 0.246 e. The van der Waals surface area contributed by atoms with Crippen LogP contribution in [0, 0.1) is 23.6 Å². The lowest BCUT2D eigenvalue weighted by Crippen LogP contribution is -2.51. The van der Waals surface area contributed by atoms with E-state index >= 15 is 0 Å². The highest BCUT2D eigenvalue weighted by atomic mass is 19.1. The van der Waals surface area contributed by atoms with E-state index in [1.54, 1.807) is 38.4 Å². The van der Waals surface area contributed by atoms with E-state index < -0.39 is 6.04 Å². The van der Waals surface area contributed by atoms with Gasteiger partial charge in [-0.05, 0) is 71.4 Å². The van der Waals surface area contributed by atoms with Gasteiger partial charge in [0.25, 0.3) is 0 Å². The summed E-state index contributed by atoms with van der Waals surface area (Å²) in [7, 11) is 7.43. The quantitative estimate of drug-likeness (QED) is 0.299. The zero-order valence-electron chi connectivity index (χ0n) is 25.1. The number of rotatable bonds is 10. The summed E-state index contributed by atoms with van der Waals surface area (Å²) in [4.78, 5) is 35.2. The Balaban J connectivity index is 1.60. The lowest BCUT2D eigenvalue weighted by molar-refractivity contribution is -0.135. The molecule has 2 aliphatic rings. The molecule has 1 aliphatic heterocycles. The SMILES string of the molecule is CCCNC1C(C#C[C@@H]2CC[C@H](NC(=O)[C@H](C)N(C)C(=O)/C=C/CN(C)C)C2)=CN=C(Nc2cccc(F)c2)N1C. The maximum Gasteiger partial charge on any atom is 0.246 e. The Morgan fingerprint density at radius 3 is 2.76 bits per heavy atom. The molecule has 4 atom stereocenters. The molecule has 1 saturated carbocycles. The van der Waals surface area contributed by atoms with Gasteiger partial charge in [0, 0.05) is 50.6 Å². The third-order valence-corrected chi connectivity index (χ3v) is 7.25. The van der Waals surface area contributed by atoms with Gasteiger partial charge in [-0.25, -0.2) is 9.38 Å². The minimum absolute atomic E-state index is 0.0224. The van der Waals surface area contributed by atoms with Crippen molar-refractivity contribution in [2.75, 3.05) is 46.6 Å². The number of amides is 2. The number of aliphatic imine (C=N–C) groups is 1. The average Bonchev–Trinajstić information content (AvgIpc) is 3.38. The fourth-order valence-electron chi connectivity index (χ4n) is 4.67. The number of likely N-dealkylation sites (N-methyl/N-ethyl adjacent to an activating group) is 3. The minimum atomic E-state index is -0.571. The normalized spacial score (nSPS) is 21.2. The summed E-state index contributed by atoms with van der Waals surface area (Å²) >= 11 is 0.